The fraction of sp³-hybridized carbons (Fsp3) is 0.353. The van der Waals surface area contributed by atoms with Crippen LogP contribution in [0.4, 0.5) is 0 Å². The summed E-state index contributed by atoms with van der Waals surface area (Å²) < 4.78 is 5.75. The van der Waals surface area contributed by atoms with Gasteiger partial charge in [0.1, 0.15) is 5.70 Å². The van der Waals surface area contributed by atoms with Gasteiger partial charge in [0.05, 0.1) is 24.3 Å². The number of rotatable bonds is 3. The van der Waals surface area contributed by atoms with Gasteiger partial charge in [-0.05, 0) is 49.2 Å². The van der Waals surface area contributed by atoms with Gasteiger partial charge in [-0.15, -0.1) is 0 Å². The summed E-state index contributed by atoms with van der Waals surface area (Å²) in [6.07, 6.45) is 4.97. The van der Waals surface area contributed by atoms with Gasteiger partial charge >= 0.3 is 0 Å². The van der Waals surface area contributed by atoms with E-state index in [1.807, 2.05) is 12.1 Å². The molecule has 2 heterocycles. The summed E-state index contributed by atoms with van der Waals surface area (Å²) in [5.74, 6) is -0.237. The van der Waals surface area contributed by atoms with Gasteiger partial charge in [0.25, 0.3) is 5.91 Å². The van der Waals surface area contributed by atoms with Crippen LogP contribution in [0.15, 0.2) is 30.0 Å². The molecule has 23 heavy (non-hydrogen) atoms. The van der Waals surface area contributed by atoms with E-state index in [9.17, 15) is 10.1 Å². The van der Waals surface area contributed by atoms with Crippen LogP contribution in [0.3, 0.4) is 0 Å². The van der Waals surface area contributed by atoms with Gasteiger partial charge in [-0.2, -0.15) is 5.26 Å². The van der Waals surface area contributed by atoms with Crippen molar-refractivity contribution < 1.29 is 9.53 Å². The van der Waals surface area contributed by atoms with Crippen LogP contribution in [-0.4, -0.2) is 35.2 Å². The lowest BCUT2D eigenvalue weighted by molar-refractivity contribution is -0.116. The minimum absolute atomic E-state index is 0.0732. The molecule has 1 unspecified atom stereocenters. The van der Waals surface area contributed by atoms with Crippen molar-refractivity contribution in [3.63, 3.8) is 0 Å². The highest BCUT2D eigenvalue weighted by atomic mass is 32.1. The zero-order chi connectivity index (χ0) is 16.2. The first kappa shape index (κ1) is 15.7. The molecule has 3 rings (SSSR count). The lowest BCUT2D eigenvalue weighted by atomic mass is 10.1. The summed E-state index contributed by atoms with van der Waals surface area (Å²) in [6.45, 7) is 1.31. The van der Waals surface area contributed by atoms with Crippen LogP contribution in [0.5, 0.6) is 0 Å². The third-order valence-corrected chi connectivity index (χ3v) is 4.35. The molecule has 1 aromatic carbocycles. The normalized spacial score (nSPS) is 23.0. The molecule has 6 heteroatoms. The average molecular weight is 327 g/mol. The Morgan fingerprint density at radius 2 is 2.26 bits per heavy atom. The second-order valence-electron chi connectivity index (χ2n) is 5.59. The van der Waals surface area contributed by atoms with Crippen molar-refractivity contribution in [1.82, 2.24) is 10.2 Å². The molecule has 1 aromatic rings. The number of ether oxygens (including phenoxy) is 1. The standard InChI is InChI=1S/C17H17N3O2S/c18-10-13-6-2-1-5-12(13)9-15-16(21)19-17(23)20(15)11-14-7-3-4-8-22-14/h1-2,5-6,9,14H,3-4,7-8,11H2,(H,19,21,23)/b15-9+. The average Bonchev–Trinajstić information content (AvgIpc) is 2.83. The number of nitriles is 1. The molecule has 0 radical (unpaired) electrons. The maximum Gasteiger partial charge on any atom is 0.274 e. The van der Waals surface area contributed by atoms with Crippen LogP contribution in [0.25, 0.3) is 6.08 Å². The first-order valence-corrected chi connectivity index (χ1v) is 8.05. The maximum absolute atomic E-state index is 12.2. The van der Waals surface area contributed by atoms with Crippen molar-refractivity contribution in [1.29, 1.82) is 5.26 Å². The molecule has 2 aliphatic heterocycles. The van der Waals surface area contributed by atoms with Crippen molar-refractivity contribution in [2.24, 2.45) is 0 Å². The molecule has 0 aromatic heterocycles. The van der Waals surface area contributed by atoms with E-state index >= 15 is 0 Å². The predicted octanol–water partition coefficient (Wildman–Crippen LogP) is 2.18. The topological polar surface area (TPSA) is 65.4 Å². The minimum atomic E-state index is -0.237. The van der Waals surface area contributed by atoms with E-state index in [0.717, 1.165) is 25.9 Å². The van der Waals surface area contributed by atoms with Crippen molar-refractivity contribution in [2.75, 3.05) is 13.2 Å². The number of hydrogen-bond donors (Lipinski definition) is 1. The molecule has 0 saturated carbocycles. The third-order valence-electron chi connectivity index (χ3n) is 4.02. The van der Waals surface area contributed by atoms with Crippen LogP contribution >= 0.6 is 12.2 Å². The molecule has 1 atom stereocenters. The Morgan fingerprint density at radius 1 is 1.43 bits per heavy atom. The second-order valence-corrected chi connectivity index (χ2v) is 5.97. The number of amides is 1. The van der Waals surface area contributed by atoms with E-state index < -0.39 is 0 Å². The molecule has 118 valence electrons. The van der Waals surface area contributed by atoms with Crippen molar-refractivity contribution in [3.8, 4) is 6.07 Å². The molecule has 2 fully saturated rings. The SMILES string of the molecule is N#Cc1ccccc1/C=C1\C(=O)NC(=S)N1CC1CCCCO1. The number of carbonyl (C=O) groups excluding carboxylic acids is 1. The third kappa shape index (κ3) is 3.41. The lowest BCUT2D eigenvalue weighted by Gasteiger charge is -2.27. The molecule has 0 bridgehead atoms. The van der Waals surface area contributed by atoms with Crippen molar-refractivity contribution >= 4 is 29.3 Å². The summed E-state index contributed by atoms with van der Waals surface area (Å²) >= 11 is 5.27. The zero-order valence-electron chi connectivity index (χ0n) is 12.6. The number of benzene rings is 1. The van der Waals surface area contributed by atoms with Crippen molar-refractivity contribution in [3.05, 3.63) is 41.1 Å². The Balaban J connectivity index is 1.88. The quantitative estimate of drug-likeness (QED) is 0.681. The molecular weight excluding hydrogens is 310 g/mol. The zero-order valence-corrected chi connectivity index (χ0v) is 13.4. The van der Waals surface area contributed by atoms with E-state index in [0.29, 0.717) is 28.5 Å². The van der Waals surface area contributed by atoms with E-state index in [-0.39, 0.29) is 12.0 Å². The highest BCUT2D eigenvalue weighted by molar-refractivity contribution is 7.80. The molecule has 0 aliphatic carbocycles. The molecule has 0 spiro atoms. The molecule has 2 aliphatic rings. The molecule has 5 nitrogen and oxygen atoms in total. The number of carbonyl (C=O) groups is 1. The Kier molecular flexibility index (Phi) is 4.70. The summed E-state index contributed by atoms with van der Waals surface area (Å²) in [5.41, 5.74) is 1.70. The Labute approximate surface area is 140 Å². The summed E-state index contributed by atoms with van der Waals surface area (Å²) in [6, 6.07) is 9.32. The van der Waals surface area contributed by atoms with Gasteiger partial charge < -0.3 is 9.64 Å². The minimum Gasteiger partial charge on any atom is -0.376 e. The summed E-state index contributed by atoms with van der Waals surface area (Å²) in [4.78, 5) is 14.0. The highest BCUT2D eigenvalue weighted by Gasteiger charge is 2.32. The highest BCUT2D eigenvalue weighted by Crippen LogP contribution is 2.22. The van der Waals surface area contributed by atoms with Gasteiger partial charge in [-0.3, -0.25) is 10.1 Å². The van der Waals surface area contributed by atoms with E-state index in [1.165, 1.54) is 0 Å². The fourth-order valence-corrected chi connectivity index (χ4v) is 3.08. The van der Waals surface area contributed by atoms with Crippen LogP contribution < -0.4 is 5.32 Å². The Hall–Kier alpha value is -2.23. The Bertz CT molecular complexity index is 702. The maximum atomic E-state index is 12.2. The molecule has 2 saturated heterocycles. The molecular formula is C17H17N3O2S. The largest absolute Gasteiger partial charge is 0.376 e. The van der Waals surface area contributed by atoms with Crippen LogP contribution in [0, 0.1) is 11.3 Å². The first-order chi connectivity index (χ1) is 11.2. The second kappa shape index (κ2) is 6.90. The number of nitrogens with one attached hydrogen (secondary N) is 1. The van der Waals surface area contributed by atoms with Crippen LogP contribution in [0.1, 0.15) is 30.4 Å². The predicted molar refractivity (Wildman–Crippen MR) is 90.2 cm³/mol. The monoisotopic (exact) mass is 327 g/mol. The smallest absolute Gasteiger partial charge is 0.274 e. The number of nitrogens with zero attached hydrogens (tertiary/aromatic N) is 2. The van der Waals surface area contributed by atoms with Gasteiger partial charge in [0.2, 0.25) is 0 Å². The van der Waals surface area contributed by atoms with E-state index in [2.05, 4.69) is 11.4 Å². The lowest BCUT2D eigenvalue weighted by Crippen LogP contribution is -2.37. The molecule has 1 amide bonds. The van der Waals surface area contributed by atoms with Gasteiger partial charge in [0.15, 0.2) is 5.11 Å². The molecule has 1 N–H and O–H groups in total. The number of thiocarbonyl (C=S) groups is 1. The van der Waals surface area contributed by atoms with Gasteiger partial charge in [-0.25, -0.2) is 0 Å². The van der Waals surface area contributed by atoms with E-state index in [4.69, 9.17) is 17.0 Å². The summed E-state index contributed by atoms with van der Waals surface area (Å²) in [5, 5.41) is 12.3. The van der Waals surface area contributed by atoms with Gasteiger partial charge in [-0.1, -0.05) is 18.2 Å². The van der Waals surface area contributed by atoms with Gasteiger partial charge in [0, 0.05) is 6.61 Å². The van der Waals surface area contributed by atoms with Crippen LogP contribution in [0.2, 0.25) is 0 Å². The van der Waals surface area contributed by atoms with E-state index in [1.54, 1.807) is 23.1 Å². The first-order valence-electron chi connectivity index (χ1n) is 7.64. The fourth-order valence-electron chi connectivity index (χ4n) is 2.81. The Morgan fingerprint density at radius 3 is 3.00 bits per heavy atom. The summed E-state index contributed by atoms with van der Waals surface area (Å²) in [7, 11) is 0. The van der Waals surface area contributed by atoms with Crippen molar-refractivity contribution in [2.45, 2.75) is 25.4 Å². The number of hydrogen-bond acceptors (Lipinski definition) is 4. The van der Waals surface area contributed by atoms with Crippen LogP contribution in [-0.2, 0) is 9.53 Å².